The third-order valence-electron chi connectivity index (χ3n) is 5.16. The van der Waals surface area contributed by atoms with Crippen LogP contribution in [0.15, 0.2) is 71.1 Å². The highest BCUT2D eigenvalue weighted by Crippen LogP contribution is 2.30. The van der Waals surface area contributed by atoms with Crippen LogP contribution in [0.1, 0.15) is 20.8 Å². The Morgan fingerprint density at radius 1 is 1.06 bits per heavy atom. The molecule has 5 nitrogen and oxygen atoms in total. The molecular weight excluding hydrogens is 438 g/mol. The summed E-state index contributed by atoms with van der Waals surface area (Å²) in [5.74, 6) is 0.258. The van der Waals surface area contributed by atoms with Gasteiger partial charge >= 0.3 is 0 Å². The number of benzene rings is 2. The number of aryl methyl sites for hydroxylation is 2. The Kier molecular flexibility index (Phi) is 6.97. The van der Waals surface area contributed by atoms with Gasteiger partial charge in [0, 0.05) is 40.8 Å². The molecule has 4 rings (SSSR count). The number of anilines is 1. The first kappa shape index (κ1) is 22.2. The third-order valence-corrected chi connectivity index (χ3v) is 7.07. The van der Waals surface area contributed by atoms with E-state index in [9.17, 15) is 9.59 Å². The van der Waals surface area contributed by atoms with Crippen LogP contribution in [0, 0.1) is 13.8 Å². The number of thiophene rings is 1. The van der Waals surface area contributed by atoms with Crippen LogP contribution in [0.5, 0.6) is 0 Å². The molecule has 7 heteroatoms. The lowest BCUT2D eigenvalue weighted by atomic mass is 10.1. The fraction of sp³-hybridized carbons (Fsp3) is 0.200. The summed E-state index contributed by atoms with van der Waals surface area (Å²) < 4.78 is 2.13. The van der Waals surface area contributed by atoms with E-state index >= 15 is 0 Å². The van der Waals surface area contributed by atoms with Crippen molar-refractivity contribution in [2.45, 2.75) is 25.3 Å². The molecule has 0 aliphatic rings. The molecule has 0 aliphatic heterocycles. The number of amides is 2. The van der Waals surface area contributed by atoms with Crippen molar-refractivity contribution in [2.24, 2.45) is 0 Å². The minimum absolute atomic E-state index is 0.0243. The topological polar surface area (TPSA) is 63.1 Å². The minimum atomic E-state index is -0.0471. The van der Waals surface area contributed by atoms with Gasteiger partial charge in [0.25, 0.3) is 5.91 Å². The van der Waals surface area contributed by atoms with E-state index < -0.39 is 0 Å². The molecule has 2 aromatic heterocycles. The maximum absolute atomic E-state index is 12.6. The van der Waals surface area contributed by atoms with Crippen LogP contribution in [0.3, 0.4) is 0 Å². The summed E-state index contributed by atoms with van der Waals surface area (Å²) in [6, 6.07) is 17.9. The number of fused-ring (bicyclic) bond motifs is 1. The molecule has 2 amide bonds. The molecule has 0 spiro atoms. The fourth-order valence-corrected chi connectivity index (χ4v) is 5.03. The van der Waals surface area contributed by atoms with Crippen LogP contribution in [0.4, 0.5) is 5.69 Å². The summed E-state index contributed by atoms with van der Waals surface area (Å²) in [6.07, 6.45) is 2.07. The van der Waals surface area contributed by atoms with Gasteiger partial charge in [-0.25, -0.2) is 0 Å². The van der Waals surface area contributed by atoms with Crippen LogP contribution in [0.2, 0.25) is 0 Å². The molecule has 0 saturated heterocycles. The fourth-order valence-electron chi connectivity index (χ4n) is 3.50. The van der Waals surface area contributed by atoms with E-state index in [0.29, 0.717) is 23.7 Å². The second-order valence-electron chi connectivity index (χ2n) is 7.59. The number of thioether (sulfide) groups is 1. The van der Waals surface area contributed by atoms with E-state index in [0.717, 1.165) is 32.6 Å². The number of nitrogens with zero attached hydrogens (tertiary/aromatic N) is 1. The maximum Gasteiger partial charge on any atom is 0.261 e. The van der Waals surface area contributed by atoms with Crippen LogP contribution in [0.25, 0.3) is 10.9 Å². The first-order chi connectivity index (χ1) is 15.5. The average molecular weight is 464 g/mol. The molecule has 0 unspecified atom stereocenters. The number of hydrogen-bond acceptors (Lipinski definition) is 4. The van der Waals surface area contributed by atoms with E-state index in [2.05, 4.69) is 33.5 Å². The van der Waals surface area contributed by atoms with Crippen molar-refractivity contribution in [1.29, 1.82) is 0 Å². The zero-order valence-corrected chi connectivity index (χ0v) is 19.7. The minimum Gasteiger partial charge on any atom is -0.350 e. The molecule has 0 aliphatic carbocycles. The number of aromatic nitrogens is 1. The van der Waals surface area contributed by atoms with Crippen molar-refractivity contribution >= 4 is 51.5 Å². The molecule has 0 bridgehead atoms. The Morgan fingerprint density at radius 2 is 1.91 bits per heavy atom. The molecule has 0 fully saturated rings. The van der Waals surface area contributed by atoms with Crippen molar-refractivity contribution in [3.8, 4) is 0 Å². The summed E-state index contributed by atoms with van der Waals surface area (Å²) in [7, 11) is 0. The van der Waals surface area contributed by atoms with Gasteiger partial charge < -0.3 is 15.2 Å². The summed E-state index contributed by atoms with van der Waals surface area (Å²) in [5.41, 5.74) is 4.12. The van der Waals surface area contributed by atoms with Gasteiger partial charge in [0.05, 0.1) is 10.6 Å². The molecule has 4 aromatic rings. The zero-order valence-electron chi connectivity index (χ0n) is 18.1. The molecular formula is C25H25N3O2S2. The molecule has 2 N–H and O–H groups in total. The number of hydrogen-bond donors (Lipinski definition) is 2. The smallest absolute Gasteiger partial charge is 0.261 e. The van der Waals surface area contributed by atoms with E-state index in [1.165, 1.54) is 23.1 Å². The molecule has 2 aromatic carbocycles. The average Bonchev–Trinajstić information content (AvgIpc) is 3.44. The van der Waals surface area contributed by atoms with Crippen LogP contribution in [-0.2, 0) is 11.3 Å². The molecule has 32 heavy (non-hydrogen) atoms. The predicted molar refractivity (Wildman–Crippen MR) is 134 cm³/mol. The number of para-hydroxylation sites is 1. The van der Waals surface area contributed by atoms with Gasteiger partial charge in [0.1, 0.15) is 0 Å². The van der Waals surface area contributed by atoms with Crippen molar-refractivity contribution in [3.63, 3.8) is 0 Å². The first-order valence-electron chi connectivity index (χ1n) is 10.4. The van der Waals surface area contributed by atoms with Crippen LogP contribution in [-0.4, -0.2) is 28.7 Å². The summed E-state index contributed by atoms with van der Waals surface area (Å²) in [4.78, 5) is 26.5. The lowest BCUT2D eigenvalue weighted by Crippen LogP contribution is -2.26. The Balaban J connectivity index is 1.40. The van der Waals surface area contributed by atoms with Gasteiger partial charge in [-0.1, -0.05) is 36.4 Å². The first-order valence-corrected chi connectivity index (χ1v) is 12.3. The highest BCUT2D eigenvalue weighted by atomic mass is 32.2. The SMILES string of the molecule is Cc1ccc(C)c(NC(=O)CSc2cn(CCNC(=O)c3cccs3)c3ccccc23)c1. The van der Waals surface area contributed by atoms with Crippen molar-refractivity contribution < 1.29 is 9.59 Å². The number of carbonyl (C=O) groups excluding carboxylic acids is 2. The zero-order chi connectivity index (χ0) is 22.5. The summed E-state index contributed by atoms with van der Waals surface area (Å²) in [5, 5.41) is 9.01. The Labute approximate surface area is 195 Å². The van der Waals surface area contributed by atoms with Crippen LogP contribution >= 0.6 is 23.1 Å². The van der Waals surface area contributed by atoms with Crippen molar-refractivity contribution in [2.75, 3.05) is 17.6 Å². The Bertz CT molecular complexity index is 1250. The lowest BCUT2D eigenvalue weighted by molar-refractivity contribution is -0.113. The second-order valence-corrected chi connectivity index (χ2v) is 9.56. The van der Waals surface area contributed by atoms with Gasteiger partial charge in [-0.2, -0.15) is 0 Å². The maximum atomic E-state index is 12.6. The molecule has 2 heterocycles. The molecule has 0 saturated carbocycles. The van der Waals surface area contributed by atoms with Crippen molar-refractivity contribution in [3.05, 3.63) is 82.2 Å². The lowest BCUT2D eigenvalue weighted by Gasteiger charge is -2.09. The third kappa shape index (κ3) is 5.23. The van der Waals surface area contributed by atoms with Gasteiger partial charge in [-0.15, -0.1) is 23.1 Å². The van der Waals surface area contributed by atoms with Crippen molar-refractivity contribution in [1.82, 2.24) is 9.88 Å². The highest BCUT2D eigenvalue weighted by Gasteiger charge is 2.12. The standard InChI is InChI=1S/C25H25N3O2S2/c1-17-9-10-18(2)20(14-17)27-24(29)16-32-23-15-28(21-7-4-3-6-19(21)23)12-11-26-25(30)22-8-5-13-31-22/h3-10,13-15H,11-12,16H2,1-2H3,(H,26,30)(H,27,29). The van der Waals surface area contributed by atoms with Gasteiger partial charge in [0.15, 0.2) is 0 Å². The molecule has 0 radical (unpaired) electrons. The molecule has 0 atom stereocenters. The Morgan fingerprint density at radius 3 is 2.72 bits per heavy atom. The van der Waals surface area contributed by atoms with E-state index in [1.54, 1.807) is 0 Å². The predicted octanol–water partition coefficient (Wildman–Crippen LogP) is 5.48. The quantitative estimate of drug-likeness (QED) is 0.340. The van der Waals surface area contributed by atoms with E-state index in [4.69, 9.17) is 0 Å². The van der Waals surface area contributed by atoms with Gasteiger partial charge in [-0.05, 0) is 48.6 Å². The molecule has 164 valence electrons. The summed E-state index contributed by atoms with van der Waals surface area (Å²) >= 11 is 2.96. The number of carbonyl (C=O) groups is 2. The highest BCUT2D eigenvalue weighted by molar-refractivity contribution is 8.00. The Hall–Kier alpha value is -3.03. The van der Waals surface area contributed by atoms with Gasteiger partial charge in [0.2, 0.25) is 5.91 Å². The van der Waals surface area contributed by atoms with Gasteiger partial charge in [-0.3, -0.25) is 9.59 Å². The van der Waals surface area contributed by atoms with E-state index in [1.807, 2.05) is 61.7 Å². The second kappa shape index (κ2) is 10.1. The number of nitrogens with one attached hydrogen (secondary N) is 2. The normalized spacial score (nSPS) is 10.9. The monoisotopic (exact) mass is 463 g/mol. The largest absolute Gasteiger partial charge is 0.350 e. The van der Waals surface area contributed by atoms with E-state index in [-0.39, 0.29) is 11.8 Å². The summed E-state index contributed by atoms with van der Waals surface area (Å²) in [6.45, 7) is 5.20. The van der Waals surface area contributed by atoms with Crippen LogP contribution < -0.4 is 10.6 Å². The number of rotatable bonds is 8.